The fourth-order valence-electron chi connectivity index (χ4n) is 4.36. The summed E-state index contributed by atoms with van der Waals surface area (Å²) in [5, 5.41) is 0. The van der Waals surface area contributed by atoms with E-state index >= 15 is 0 Å². The number of benzene rings is 1. The molecule has 0 spiro atoms. The first kappa shape index (κ1) is 33.1. The Morgan fingerprint density at radius 1 is 0.500 bits per heavy atom. The van der Waals surface area contributed by atoms with Crippen molar-refractivity contribution in [2.24, 2.45) is 0 Å². The van der Waals surface area contributed by atoms with Crippen LogP contribution in [0.2, 0.25) is 0 Å². The highest BCUT2D eigenvalue weighted by atomic mass is 16.8. The van der Waals surface area contributed by atoms with Crippen molar-refractivity contribution in [1.82, 2.24) is 0 Å². The standard InChI is InChI=1S/C32H58O4/c1-5-9-13-20-26-33-31(34-27-21-14-10-6-2)32(30-24-18-17-19-25-30,35-28-22-15-11-7-3)36-29-23-16-12-8-4/h17-19,24-25,31H,5-16,20-23,26-29H2,1-4H3. The van der Waals surface area contributed by atoms with Gasteiger partial charge in [-0.05, 0) is 25.7 Å². The SMILES string of the molecule is CCCCCCOC(OCCCCCC)C(OCCCCCC)(OCCCCCC)c1ccccc1. The molecule has 4 heteroatoms. The maximum absolute atomic E-state index is 6.72. The van der Waals surface area contributed by atoms with Gasteiger partial charge >= 0.3 is 0 Å². The number of rotatable bonds is 26. The molecule has 1 aromatic rings. The molecule has 0 saturated heterocycles. The normalized spacial score (nSPS) is 12.0. The zero-order valence-corrected chi connectivity index (χ0v) is 24.2. The van der Waals surface area contributed by atoms with Crippen LogP contribution in [0.25, 0.3) is 0 Å². The molecular weight excluding hydrogens is 448 g/mol. The molecule has 0 amide bonds. The van der Waals surface area contributed by atoms with Crippen molar-refractivity contribution in [2.75, 3.05) is 26.4 Å². The van der Waals surface area contributed by atoms with Gasteiger partial charge in [0.25, 0.3) is 0 Å². The van der Waals surface area contributed by atoms with E-state index in [9.17, 15) is 0 Å². The molecule has 0 radical (unpaired) electrons. The molecular formula is C32H58O4. The maximum Gasteiger partial charge on any atom is 0.248 e. The lowest BCUT2D eigenvalue weighted by Gasteiger charge is -2.40. The zero-order chi connectivity index (χ0) is 26.2. The van der Waals surface area contributed by atoms with Crippen LogP contribution in [0.1, 0.15) is 136 Å². The lowest BCUT2D eigenvalue weighted by Crippen LogP contribution is -2.48. The van der Waals surface area contributed by atoms with Crippen molar-refractivity contribution in [3.05, 3.63) is 35.9 Å². The van der Waals surface area contributed by atoms with E-state index in [0.29, 0.717) is 26.4 Å². The van der Waals surface area contributed by atoms with Crippen LogP contribution in [-0.2, 0) is 24.7 Å². The molecule has 4 nitrogen and oxygen atoms in total. The first-order valence-corrected chi connectivity index (χ1v) is 15.3. The van der Waals surface area contributed by atoms with E-state index in [-0.39, 0.29) is 0 Å². The van der Waals surface area contributed by atoms with Gasteiger partial charge in [-0.2, -0.15) is 0 Å². The molecule has 0 atom stereocenters. The number of hydrogen-bond donors (Lipinski definition) is 0. The molecule has 0 fully saturated rings. The average molecular weight is 507 g/mol. The van der Waals surface area contributed by atoms with Gasteiger partial charge < -0.3 is 18.9 Å². The molecule has 0 N–H and O–H groups in total. The zero-order valence-electron chi connectivity index (χ0n) is 24.2. The van der Waals surface area contributed by atoms with Crippen molar-refractivity contribution < 1.29 is 18.9 Å². The molecule has 0 aliphatic rings. The molecule has 210 valence electrons. The van der Waals surface area contributed by atoms with Crippen LogP contribution in [0.5, 0.6) is 0 Å². The van der Waals surface area contributed by atoms with Crippen LogP contribution in [0.3, 0.4) is 0 Å². The van der Waals surface area contributed by atoms with Crippen molar-refractivity contribution in [2.45, 2.75) is 143 Å². The third-order valence-electron chi connectivity index (χ3n) is 6.65. The minimum Gasteiger partial charge on any atom is -0.347 e. The lowest BCUT2D eigenvalue weighted by atomic mass is 10.0. The number of unbranched alkanes of at least 4 members (excludes halogenated alkanes) is 12. The van der Waals surface area contributed by atoms with E-state index in [2.05, 4.69) is 52.0 Å². The maximum atomic E-state index is 6.72. The Bertz CT molecular complexity index is 549. The molecule has 1 aromatic carbocycles. The van der Waals surface area contributed by atoms with Gasteiger partial charge in [0.1, 0.15) is 0 Å². The summed E-state index contributed by atoms with van der Waals surface area (Å²) in [6.07, 6.45) is 18.0. The van der Waals surface area contributed by atoms with Gasteiger partial charge in [0, 0.05) is 18.8 Å². The van der Waals surface area contributed by atoms with Crippen molar-refractivity contribution >= 4 is 0 Å². The van der Waals surface area contributed by atoms with E-state index in [1.54, 1.807) is 0 Å². The summed E-state index contributed by atoms with van der Waals surface area (Å²) >= 11 is 0. The molecule has 0 bridgehead atoms. The summed E-state index contributed by atoms with van der Waals surface area (Å²) < 4.78 is 26.4. The Morgan fingerprint density at radius 3 is 1.28 bits per heavy atom. The second kappa shape index (κ2) is 23.2. The third kappa shape index (κ3) is 14.1. The van der Waals surface area contributed by atoms with Crippen LogP contribution in [0, 0.1) is 0 Å². The van der Waals surface area contributed by atoms with E-state index in [1.165, 1.54) is 64.2 Å². The number of hydrogen-bond acceptors (Lipinski definition) is 4. The molecule has 0 aliphatic heterocycles. The van der Waals surface area contributed by atoms with Crippen LogP contribution < -0.4 is 0 Å². The molecule has 1 rings (SSSR count). The predicted molar refractivity (Wildman–Crippen MR) is 152 cm³/mol. The summed E-state index contributed by atoms with van der Waals surface area (Å²) in [5.41, 5.74) is 0.989. The second-order valence-corrected chi connectivity index (χ2v) is 10.0. The Kier molecular flexibility index (Phi) is 21.3. The van der Waals surface area contributed by atoms with Crippen LogP contribution >= 0.6 is 0 Å². The first-order chi connectivity index (χ1) is 17.7. The largest absolute Gasteiger partial charge is 0.347 e. The van der Waals surface area contributed by atoms with Crippen molar-refractivity contribution in [3.63, 3.8) is 0 Å². The highest BCUT2D eigenvalue weighted by molar-refractivity contribution is 5.21. The van der Waals surface area contributed by atoms with Gasteiger partial charge in [0.15, 0.2) is 0 Å². The smallest absolute Gasteiger partial charge is 0.248 e. The Hall–Kier alpha value is -0.940. The van der Waals surface area contributed by atoms with Crippen molar-refractivity contribution in [1.29, 1.82) is 0 Å². The summed E-state index contributed by atoms with van der Waals surface area (Å²) in [5.74, 6) is -1.05. The van der Waals surface area contributed by atoms with Crippen molar-refractivity contribution in [3.8, 4) is 0 Å². The molecule has 0 heterocycles. The number of ether oxygens (including phenoxy) is 4. The Balaban J connectivity index is 3.12. The Labute approximate surface area is 223 Å². The fourth-order valence-corrected chi connectivity index (χ4v) is 4.36. The minimum atomic E-state index is -1.05. The molecule has 0 saturated carbocycles. The third-order valence-corrected chi connectivity index (χ3v) is 6.65. The topological polar surface area (TPSA) is 36.9 Å². The second-order valence-electron chi connectivity index (χ2n) is 10.0. The molecule has 0 aliphatic carbocycles. The highest BCUT2D eigenvalue weighted by Gasteiger charge is 2.45. The molecule has 36 heavy (non-hydrogen) atoms. The first-order valence-electron chi connectivity index (χ1n) is 15.3. The van der Waals surface area contributed by atoms with E-state index in [0.717, 1.165) is 44.1 Å². The van der Waals surface area contributed by atoms with Gasteiger partial charge in [-0.1, -0.05) is 135 Å². The van der Waals surface area contributed by atoms with E-state index < -0.39 is 12.1 Å². The quantitative estimate of drug-likeness (QED) is 0.0925. The predicted octanol–water partition coefficient (Wildman–Crippen LogP) is 9.55. The molecule has 0 unspecified atom stereocenters. The molecule has 0 aromatic heterocycles. The van der Waals surface area contributed by atoms with Gasteiger partial charge in [-0.3, -0.25) is 0 Å². The van der Waals surface area contributed by atoms with Crippen LogP contribution in [0.15, 0.2) is 30.3 Å². The minimum absolute atomic E-state index is 0.583. The monoisotopic (exact) mass is 506 g/mol. The van der Waals surface area contributed by atoms with E-state index in [1.807, 2.05) is 6.07 Å². The summed E-state index contributed by atoms with van der Waals surface area (Å²) in [6.45, 7) is 11.5. The average Bonchev–Trinajstić information content (AvgIpc) is 2.91. The summed E-state index contributed by atoms with van der Waals surface area (Å²) in [4.78, 5) is 0. The van der Waals surface area contributed by atoms with Crippen LogP contribution in [0.4, 0.5) is 0 Å². The van der Waals surface area contributed by atoms with E-state index in [4.69, 9.17) is 18.9 Å². The van der Waals surface area contributed by atoms with Gasteiger partial charge in [0.2, 0.25) is 12.1 Å². The highest BCUT2D eigenvalue weighted by Crippen LogP contribution is 2.35. The van der Waals surface area contributed by atoms with Gasteiger partial charge in [0.05, 0.1) is 13.2 Å². The summed E-state index contributed by atoms with van der Waals surface area (Å²) in [7, 11) is 0. The Morgan fingerprint density at radius 2 is 0.889 bits per heavy atom. The lowest BCUT2D eigenvalue weighted by molar-refractivity contribution is -0.363. The fraction of sp³-hybridized carbons (Fsp3) is 0.812. The van der Waals surface area contributed by atoms with Gasteiger partial charge in [-0.25, -0.2) is 0 Å². The van der Waals surface area contributed by atoms with Gasteiger partial charge in [-0.15, -0.1) is 0 Å². The van der Waals surface area contributed by atoms with Crippen LogP contribution in [-0.4, -0.2) is 32.7 Å². The summed E-state index contributed by atoms with van der Waals surface area (Å²) in [6, 6.07) is 10.4.